The highest BCUT2D eigenvalue weighted by Gasteiger charge is 2.37. The zero-order valence-electron chi connectivity index (χ0n) is 20.4. The quantitative estimate of drug-likeness (QED) is 0.356. The molecule has 1 fully saturated rings. The molecule has 0 aromatic carbocycles. The lowest BCUT2D eigenvalue weighted by Crippen LogP contribution is -2.50. The fraction of sp³-hybridized carbons (Fsp3) is 0.571. The Kier molecular flexibility index (Phi) is 9.14. The van der Waals surface area contributed by atoms with Gasteiger partial charge in [-0.3, -0.25) is 14.4 Å². The number of amides is 1. The molecule has 1 unspecified atom stereocenters. The molecule has 3 rings (SSSR count). The molecule has 0 bridgehead atoms. The third-order valence-electron chi connectivity index (χ3n) is 5.62. The fourth-order valence-corrected chi connectivity index (χ4v) is 3.70. The van der Waals surface area contributed by atoms with Crippen LogP contribution in [0.1, 0.15) is 25.0 Å². The van der Waals surface area contributed by atoms with Crippen molar-refractivity contribution in [1.82, 2.24) is 30.1 Å². The molecule has 1 aliphatic rings. The van der Waals surface area contributed by atoms with Crippen LogP contribution in [0.3, 0.4) is 0 Å². The third kappa shape index (κ3) is 7.53. The summed E-state index contributed by atoms with van der Waals surface area (Å²) in [6.07, 6.45) is -7.13. The Bertz CT molecular complexity index is 1130. The zero-order valence-corrected chi connectivity index (χ0v) is 20.4. The Balaban J connectivity index is 1.48. The normalized spacial score (nSPS) is 15.6. The average molecular weight is 552 g/mol. The molecule has 1 atom stereocenters. The van der Waals surface area contributed by atoms with Crippen LogP contribution in [0.5, 0.6) is 0 Å². The van der Waals surface area contributed by atoms with Crippen molar-refractivity contribution in [2.75, 3.05) is 56.1 Å². The standard InChI is InChI=1S/C21H26F6N8O3/c1-3-35(11-13(2)31-15-10-30-32-18(37)17(15)21(25,26)27)38-12-16(36)33-4-6-34(7-5-33)19-28-8-14(9-29-19)20(22,23)24/h8-10,13H,3-7,11-12H2,1-2H3,(H2,31,32,37). The number of carbonyl (C=O) groups is 1. The number of anilines is 2. The SMILES string of the molecule is CCN(CC(C)Nc1cn[nH]c(=O)c1C(F)(F)F)OCC(=O)N1CCN(c2ncc(C(F)(F)F)cn2)CC1. The molecule has 1 aliphatic heterocycles. The zero-order chi connectivity index (χ0) is 28.1. The van der Waals surface area contributed by atoms with Gasteiger partial charge in [-0.05, 0) is 6.92 Å². The maximum atomic E-state index is 13.2. The van der Waals surface area contributed by atoms with Crippen molar-refractivity contribution >= 4 is 17.5 Å². The molecule has 210 valence electrons. The molecule has 1 amide bonds. The third-order valence-corrected chi connectivity index (χ3v) is 5.62. The Morgan fingerprint density at radius 1 is 1.11 bits per heavy atom. The van der Waals surface area contributed by atoms with Gasteiger partial charge in [-0.1, -0.05) is 6.92 Å². The monoisotopic (exact) mass is 552 g/mol. The maximum Gasteiger partial charge on any atom is 0.423 e. The number of aromatic nitrogens is 4. The van der Waals surface area contributed by atoms with E-state index >= 15 is 0 Å². The summed E-state index contributed by atoms with van der Waals surface area (Å²) in [5.74, 6) is -0.209. The number of hydrogen-bond acceptors (Lipinski definition) is 9. The maximum absolute atomic E-state index is 13.2. The van der Waals surface area contributed by atoms with Gasteiger partial charge in [0.25, 0.3) is 11.5 Å². The number of hydrogen-bond donors (Lipinski definition) is 2. The smallest absolute Gasteiger partial charge is 0.379 e. The number of piperazine rings is 1. The van der Waals surface area contributed by atoms with Gasteiger partial charge in [0.15, 0.2) is 0 Å². The van der Waals surface area contributed by atoms with Gasteiger partial charge in [0.2, 0.25) is 5.95 Å². The predicted octanol–water partition coefficient (Wildman–Crippen LogP) is 2.00. The van der Waals surface area contributed by atoms with Crippen molar-refractivity contribution in [1.29, 1.82) is 0 Å². The number of rotatable bonds is 9. The molecule has 0 aliphatic carbocycles. The van der Waals surface area contributed by atoms with Gasteiger partial charge in [0, 0.05) is 57.7 Å². The van der Waals surface area contributed by atoms with Crippen LogP contribution in [0.25, 0.3) is 0 Å². The highest BCUT2D eigenvalue weighted by Crippen LogP contribution is 2.31. The summed E-state index contributed by atoms with van der Waals surface area (Å²) >= 11 is 0. The van der Waals surface area contributed by atoms with Gasteiger partial charge < -0.3 is 15.1 Å². The van der Waals surface area contributed by atoms with Crippen LogP contribution in [-0.2, 0) is 22.0 Å². The molecule has 17 heteroatoms. The number of alkyl halides is 6. The van der Waals surface area contributed by atoms with E-state index in [1.54, 1.807) is 23.8 Å². The van der Waals surface area contributed by atoms with Crippen LogP contribution >= 0.6 is 0 Å². The second-order valence-electron chi connectivity index (χ2n) is 8.42. The predicted molar refractivity (Wildman–Crippen MR) is 122 cm³/mol. The minimum atomic E-state index is -4.88. The lowest BCUT2D eigenvalue weighted by molar-refractivity contribution is -0.176. The van der Waals surface area contributed by atoms with E-state index < -0.39 is 40.8 Å². The van der Waals surface area contributed by atoms with E-state index in [2.05, 4.69) is 20.4 Å². The molecule has 3 heterocycles. The number of nitrogens with zero attached hydrogens (tertiary/aromatic N) is 6. The Morgan fingerprint density at radius 3 is 2.29 bits per heavy atom. The van der Waals surface area contributed by atoms with E-state index in [-0.39, 0.29) is 38.1 Å². The molecule has 0 spiro atoms. The number of H-pyrrole nitrogens is 1. The highest BCUT2D eigenvalue weighted by molar-refractivity contribution is 5.77. The topological polar surface area (TPSA) is 120 Å². The Labute approximate surface area is 212 Å². The van der Waals surface area contributed by atoms with Gasteiger partial charge in [-0.2, -0.15) is 36.5 Å². The summed E-state index contributed by atoms with van der Waals surface area (Å²) in [4.78, 5) is 40.5. The number of halogens is 6. The molecule has 2 aromatic rings. The van der Waals surface area contributed by atoms with Crippen molar-refractivity contribution in [2.24, 2.45) is 0 Å². The molecule has 0 saturated carbocycles. The molecule has 38 heavy (non-hydrogen) atoms. The number of carbonyl (C=O) groups excluding carboxylic acids is 1. The first kappa shape index (κ1) is 29.1. The minimum Gasteiger partial charge on any atom is -0.379 e. The van der Waals surface area contributed by atoms with Gasteiger partial charge in [-0.25, -0.2) is 15.1 Å². The Hall–Kier alpha value is -3.47. The summed E-state index contributed by atoms with van der Waals surface area (Å²) in [6.45, 7) is 4.55. The average Bonchev–Trinajstić information content (AvgIpc) is 2.85. The van der Waals surface area contributed by atoms with Crippen LogP contribution in [0, 0.1) is 0 Å². The van der Waals surface area contributed by atoms with Crippen molar-refractivity contribution in [3.05, 3.63) is 40.1 Å². The summed E-state index contributed by atoms with van der Waals surface area (Å²) in [5, 5.41) is 9.18. The Morgan fingerprint density at radius 2 is 1.74 bits per heavy atom. The van der Waals surface area contributed by atoms with E-state index in [0.717, 1.165) is 6.20 Å². The second-order valence-corrected chi connectivity index (χ2v) is 8.42. The molecular formula is C21H26F6N8O3. The molecule has 2 N–H and O–H groups in total. The van der Waals surface area contributed by atoms with Gasteiger partial charge in [-0.15, -0.1) is 0 Å². The van der Waals surface area contributed by atoms with E-state index in [1.165, 1.54) is 9.96 Å². The van der Waals surface area contributed by atoms with Crippen molar-refractivity contribution in [3.8, 4) is 0 Å². The number of hydroxylamine groups is 2. The van der Waals surface area contributed by atoms with Crippen molar-refractivity contribution in [3.63, 3.8) is 0 Å². The van der Waals surface area contributed by atoms with Crippen molar-refractivity contribution < 1.29 is 36.0 Å². The highest BCUT2D eigenvalue weighted by atomic mass is 19.4. The summed E-state index contributed by atoms with van der Waals surface area (Å²) < 4.78 is 77.8. The van der Waals surface area contributed by atoms with Gasteiger partial charge >= 0.3 is 12.4 Å². The van der Waals surface area contributed by atoms with E-state index in [1.807, 2.05) is 0 Å². The summed E-state index contributed by atoms with van der Waals surface area (Å²) in [5.41, 5.74) is -4.18. The summed E-state index contributed by atoms with van der Waals surface area (Å²) in [7, 11) is 0. The molecular weight excluding hydrogens is 526 g/mol. The van der Waals surface area contributed by atoms with Crippen LogP contribution in [0.2, 0.25) is 0 Å². The lowest BCUT2D eigenvalue weighted by atomic mass is 10.2. The van der Waals surface area contributed by atoms with Crippen LogP contribution < -0.4 is 15.8 Å². The van der Waals surface area contributed by atoms with E-state index in [9.17, 15) is 35.9 Å². The fourth-order valence-electron chi connectivity index (χ4n) is 3.70. The largest absolute Gasteiger partial charge is 0.423 e. The first-order valence-electron chi connectivity index (χ1n) is 11.5. The molecule has 0 radical (unpaired) electrons. The van der Waals surface area contributed by atoms with E-state index in [4.69, 9.17) is 4.84 Å². The minimum absolute atomic E-state index is 0.0902. The lowest BCUT2D eigenvalue weighted by Gasteiger charge is -2.35. The van der Waals surface area contributed by atoms with Crippen molar-refractivity contribution in [2.45, 2.75) is 32.2 Å². The molecule has 2 aromatic heterocycles. The van der Waals surface area contributed by atoms with Crippen LogP contribution in [0.4, 0.5) is 38.0 Å². The first-order chi connectivity index (χ1) is 17.8. The van der Waals surface area contributed by atoms with E-state index in [0.29, 0.717) is 32.0 Å². The number of nitrogens with one attached hydrogen (secondary N) is 2. The number of aromatic amines is 1. The first-order valence-corrected chi connectivity index (χ1v) is 11.5. The van der Waals surface area contributed by atoms with Crippen LogP contribution in [0.15, 0.2) is 23.4 Å². The van der Waals surface area contributed by atoms with Gasteiger partial charge in [0.05, 0.1) is 17.4 Å². The van der Waals surface area contributed by atoms with Gasteiger partial charge in [0.1, 0.15) is 12.2 Å². The number of likely N-dealkylation sites (N-methyl/N-ethyl adjacent to an activating group) is 1. The van der Waals surface area contributed by atoms with Crippen LogP contribution in [-0.4, -0.2) is 88.0 Å². The second kappa shape index (κ2) is 11.9. The molecule has 1 saturated heterocycles. The molecule has 11 nitrogen and oxygen atoms in total. The summed E-state index contributed by atoms with van der Waals surface area (Å²) in [6, 6.07) is -0.609.